The van der Waals surface area contributed by atoms with E-state index in [1.54, 1.807) is 7.11 Å². The Bertz CT molecular complexity index is 681. The second-order valence-corrected chi connectivity index (χ2v) is 6.20. The molecule has 0 saturated heterocycles. The molecule has 0 aliphatic heterocycles. The van der Waals surface area contributed by atoms with Crippen molar-refractivity contribution in [3.05, 3.63) is 58.1 Å². The van der Waals surface area contributed by atoms with Gasteiger partial charge in [-0.1, -0.05) is 28.1 Å². The number of ether oxygens (including phenoxy) is 2. The first kappa shape index (κ1) is 21.3. The number of amides is 1. The van der Waals surface area contributed by atoms with E-state index in [4.69, 9.17) is 15.2 Å². The Morgan fingerprint density at radius 3 is 2.56 bits per heavy atom. The quantitative estimate of drug-likeness (QED) is 0.601. The normalized spacial score (nSPS) is 10.0. The number of halogens is 2. The van der Waals surface area contributed by atoms with Crippen LogP contribution < -0.4 is 20.5 Å². The molecule has 1 amide bonds. The van der Waals surface area contributed by atoms with Crippen LogP contribution in [0, 0.1) is 0 Å². The van der Waals surface area contributed by atoms with Crippen LogP contribution in [0.25, 0.3) is 0 Å². The van der Waals surface area contributed by atoms with Crippen LogP contribution in [-0.4, -0.2) is 26.2 Å². The van der Waals surface area contributed by atoms with Gasteiger partial charge in [0.15, 0.2) is 6.61 Å². The molecule has 0 aromatic heterocycles. The number of nitrogens with one attached hydrogen (secondary N) is 1. The van der Waals surface area contributed by atoms with Crippen molar-refractivity contribution in [2.75, 3.05) is 20.3 Å². The van der Waals surface area contributed by atoms with Gasteiger partial charge in [-0.2, -0.15) is 0 Å². The minimum Gasteiger partial charge on any atom is -0.497 e. The van der Waals surface area contributed by atoms with Crippen molar-refractivity contribution in [3.8, 4) is 11.5 Å². The fourth-order valence-electron chi connectivity index (χ4n) is 2.22. The summed E-state index contributed by atoms with van der Waals surface area (Å²) in [5, 5.41) is 3.39. The molecule has 0 saturated carbocycles. The van der Waals surface area contributed by atoms with Gasteiger partial charge in [0.25, 0.3) is 5.91 Å². The largest absolute Gasteiger partial charge is 0.497 e. The van der Waals surface area contributed by atoms with Gasteiger partial charge in [0.1, 0.15) is 11.5 Å². The van der Waals surface area contributed by atoms with Gasteiger partial charge >= 0.3 is 0 Å². The van der Waals surface area contributed by atoms with Crippen molar-refractivity contribution in [2.24, 2.45) is 5.73 Å². The van der Waals surface area contributed by atoms with E-state index in [0.717, 1.165) is 28.8 Å². The zero-order chi connectivity index (χ0) is 17.4. The summed E-state index contributed by atoms with van der Waals surface area (Å²) in [4.78, 5) is 10.9. The maximum absolute atomic E-state index is 10.9. The third kappa shape index (κ3) is 7.34. The van der Waals surface area contributed by atoms with Gasteiger partial charge in [-0.3, -0.25) is 4.79 Å². The van der Waals surface area contributed by atoms with Crippen LogP contribution in [0.1, 0.15) is 11.1 Å². The number of methoxy groups -OCH3 is 1. The van der Waals surface area contributed by atoms with E-state index in [-0.39, 0.29) is 19.0 Å². The van der Waals surface area contributed by atoms with Crippen molar-refractivity contribution in [2.45, 2.75) is 13.0 Å². The molecule has 0 heterocycles. The SMILES string of the molecule is COc1ccc(CCNCc2cc(Br)ccc2OCC(N)=O)cc1.Cl. The summed E-state index contributed by atoms with van der Waals surface area (Å²) < 4.78 is 11.6. The number of nitrogens with two attached hydrogens (primary N) is 1. The Balaban J connectivity index is 0.00000312. The molecule has 2 aromatic carbocycles. The fraction of sp³-hybridized carbons (Fsp3) is 0.278. The third-order valence-corrected chi connectivity index (χ3v) is 3.95. The van der Waals surface area contributed by atoms with Crippen molar-refractivity contribution in [1.82, 2.24) is 5.32 Å². The zero-order valence-electron chi connectivity index (χ0n) is 14.0. The average molecular weight is 430 g/mol. The summed E-state index contributed by atoms with van der Waals surface area (Å²) in [5.74, 6) is 1.03. The lowest BCUT2D eigenvalue weighted by Gasteiger charge is -2.12. The summed E-state index contributed by atoms with van der Waals surface area (Å²) in [6.07, 6.45) is 0.912. The number of benzene rings is 2. The Morgan fingerprint density at radius 1 is 1.20 bits per heavy atom. The minimum absolute atomic E-state index is 0. The molecule has 136 valence electrons. The highest BCUT2D eigenvalue weighted by atomic mass is 79.9. The summed E-state index contributed by atoms with van der Waals surface area (Å²) in [6, 6.07) is 13.7. The van der Waals surface area contributed by atoms with Crippen molar-refractivity contribution >= 4 is 34.2 Å². The second kappa shape index (κ2) is 11.0. The van der Waals surface area contributed by atoms with E-state index in [9.17, 15) is 4.79 Å². The molecule has 0 fully saturated rings. The molecule has 0 radical (unpaired) electrons. The van der Waals surface area contributed by atoms with Crippen molar-refractivity contribution < 1.29 is 14.3 Å². The number of carbonyl (C=O) groups is 1. The molecule has 0 bridgehead atoms. The van der Waals surface area contributed by atoms with Gasteiger partial charge in [0, 0.05) is 16.6 Å². The first-order chi connectivity index (χ1) is 11.6. The van der Waals surface area contributed by atoms with Gasteiger partial charge in [-0.15, -0.1) is 12.4 Å². The van der Waals surface area contributed by atoms with Crippen LogP contribution in [0.4, 0.5) is 0 Å². The molecule has 3 N–H and O–H groups in total. The molecule has 5 nitrogen and oxygen atoms in total. The van der Waals surface area contributed by atoms with Crippen molar-refractivity contribution in [1.29, 1.82) is 0 Å². The molecule has 0 spiro atoms. The number of primary amides is 1. The highest BCUT2D eigenvalue weighted by molar-refractivity contribution is 9.10. The van der Waals surface area contributed by atoms with Crippen LogP contribution in [0.15, 0.2) is 46.9 Å². The molecular weight excluding hydrogens is 408 g/mol. The third-order valence-electron chi connectivity index (χ3n) is 3.46. The molecule has 2 rings (SSSR count). The lowest BCUT2D eigenvalue weighted by Crippen LogP contribution is -2.21. The summed E-state index contributed by atoms with van der Waals surface area (Å²) in [5.41, 5.74) is 7.34. The first-order valence-corrected chi connectivity index (χ1v) is 8.41. The van der Waals surface area contributed by atoms with Crippen LogP contribution in [0.5, 0.6) is 11.5 Å². The predicted molar refractivity (Wildman–Crippen MR) is 104 cm³/mol. The van der Waals surface area contributed by atoms with E-state index in [1.807, 2.05) is 30.3 Å². The molecular formula is C18H22BrClN2O3. The zero-order valence-corrected chi connectivity index (χ0v) is 16.4. The summed E-state index contributed by atoms with van der Waals surface area (Å²) in [7, 11) is 1.66. The van der Waals surface area contributed by atoms with Crippen LogP contribution in [0.2, 0.25) is 0 Å². The predicted octanol–water partition coefficient (Wildman–Crippen LogP) is 3.08. The molecule has 0 aliphatic rings. The summed E-state index contributed by atoms with van der Waals surface area (Å²) in [6.45, 7) is 1.35. The van der Waals surface area contributed by atoms with Gasteiger partial charge in [0.05, 0.1) is 7.11 Å². The minimum atomic E-state index is -0.490. The maximum Gasteiger partial charge on any atom is 0.255 e. The number of rotatable bonds is 9. The molecule has 7 heteroatoms. The van der Waals surface area contributed by atoms with Gasteiger partial charge in [-0.25, -0.2) is 0 Å². The van der Waals surface area contributed by atoms with E-state index in [2.05, 4.69) is 33.4 Å². The molecule has 0 atom stereocenters. The number of carbonyl (C=O) groups excluding carboxylic acids is 1. The smallest absolute Gasteiger partial charge is 0.255 e. The van der Waals surface area contributed by atoms with Gasteiger partial charge in [0.2, 0.25) is 0 Å². The standard InChI is InChI=1S/C18H21BrN2O3.ClH/c1-23-16-5-2-13(3-6-16)8-9-21-11-14-10-15(19)4-7-17(14)24-12-18(20)22;/h2-7,10,21H,8-9,11-12H2,1H3,(H2,20,22);1H. The molecule has 2 aromatic rings. The Labute approximate surface area is 162 Å². The average Bonchev–Trinajstić information content (AvgIpc) is 2.58. The number of hydrogen-bond donors (Lipinski definition) is 2. The van der Waals surface area contributed by atoms with E-state index in [0.29, 0.717) is 12.3 Å². The summed E-state index contributed by atoms with van der Waals surface area (Å²) >= 11 is 3.45. The monoisotopic (exact) mass is 428 g/mol. The Morgan fingerprint density at radius 2 is 1.92 bits per heavy atom. The molecule has 0 aliphatic carbocycles. The van der Waals surface area contributed by atoms with Crippen molar-refractivity contribution in [3.63, 3.8) is 0 Å². The van der Waals surface area contributed by atoms with Gasteiger partial charge in [-0.05, 0) is 48.9 Å². The molecule has 25 heavy (non-hydrogen) atoms. The van der Waals surface area contributed by atoms with Crippen LogP contribution in [-0.2, 0) is 17.8 Å². The maximum atomic E-state index is 10.9. The second-order valence-electron chi connectivity index (χ2n) is 5.28. The molecule has 0 unspecified atom stereocenters. The Hall–Kier alpha value is -1.76. The first-order valence-electron chi connectivity index (χ1n) is 7.61. The van der Waals surface area contributed by atoms with Crippen LogP contribution in [0.3, 0.4) is 0 Å². The van der Waals surface area contributed by atoms with E-state index >= 15 is 0 Å². The lowest BCUT2D eigenvalue weighted by atomic mass is 10.1. The van der Waals surface area contributed by atoms with Gasteiger partial charge < -0.3 is 20.5 Å². The number of hydrogen-bond acceptors (Lipinski definition) is 4. The Kier molecular flexibility index (Phi) is 9.34. The van der Waals surface area contributed by atoms with Crippen LogP contribution >= 0.6 is 28.3 Å². The lowest BCUT2D eigenvalue weighted by molar-refractivity contribution is -0.119. The van der Waals surface area contributed by atoms with E-state index in [1.165, 1.54) is 5.56 Å². The van der Waals surface area contributed by atoms with E-state index < -0.39 is 5.91 Å². The highest BCUT2D eigenvalue weighted by Crippen LogP contribution is 2.23. The fourth-order valence-corrected chi connectivity index (χ4v) is 2.63. The highest BCUT2D eigenvalue weighted by Gasteiger charge is 2.06. The topological polar surface area (TPSA) is 73.6 Å².